The highest BCUT2D eigenvalue weighted by atomic mass is 16.5. The van der Waals surface area contributed by atoms with Crippen molar-refractivity contribution in [3.63, 3.8) is 0 Å². The number of nitrogens with two attached hydrogens (primary N) is 1. The lowest BCUT2D eigenvalue weighted by Crippen LogP contribution is -2.46. The zero-order chi connectivity index (χ0) is 13.8. The van der Waals surface area contributed by atoms with Crippen molar-refractivity contribution in [1.29, 1.82) is 0 Å². The summed E-state index contributed by atoms with van der Waals surface area (Å²) in [6.07, 6.45) is 1.17. The largest absolute Gasteiger partial charge is 0.497 e. The van der Waals surface area contributed by atoms with Crippen molar-refractivity contribution in [1.82, 2.24) is 0 Å². The highest BCUT2D eigenvalue weighted by Gasteiger charge is 2.32. The first-order valence-electron chi connectivity index (χ1n) is 6.08. The normalized spacial score (nSPS) is 11.2. The Morgan fingerprint density at radius 2 is 1.83 bits per heavy atom. The molecule has 2 N–H and O–H groups in total. The quantitative estimate of drug-likeness (QED) is 0.789. The maximum atomic E-state index is 12.5. The maximum Gasteiger partial charge on any atom is 0.186 e. The fourth-order valence-electron chi connectivity index (χ4n) is 1.83. The van der Waals surface area contributed by atoms with E-state index >= 15 is 0 Å². The monoisotopic (exact) mass is 251 g/mol. The smallest absolute Gasteiger partial charge is 0.186 e. The van der Waals surface area contributed by atoms with Gasteiger partial charge >= 0.3 is 0 Å². The molecule has 0 unspecified atom stereocenters. The SMILES string of the molecule is CCC(N)(CC)C(=O)c1cc(OC)ccc1OC. The Labute approximate surface area is 108 Å². The molecule has 18 heavy (non-hydrogen) atoms. The van der Waals surface area contributed by atoms with Crippen LogP contribution in [0.15, 0.2) is 18.2 Å². The summed E-state index contributed by atoms with van der Waals surface area (Å²) in [6.45, 7) is 3.82. The molecule has 0 spiro atoms. The minimum atomic E-state index is -0.848. The summed E-state index contributed by atoms with van der Waals surface area (Å²) in [6, 6.07) is 5.15. The molecule has 0 aromatic heterocycles. The Morgan fingerprint density at radius 3 is 2.28 bits per heavy atom. The average Bonchev–Trinajstić information content (AvgIpc) is 2.44. The molecule has 0 atom stereocenters. The van der Waals surface area contributed by atoms with Crippen LogP contribution in [0.4, 0.5) is 0 Å². The van der Waals surface area contributed by atoms with Crippen molar-refractivity contribution in [2.75, 3.05) is 14.2 Å². The molecule has 0 heterocycles. The zero-order valence-electron chi connectivity index (χ0n) is 11.4. The topological polar surface area (TPSA) is 61.6 Å². The molecule has 0 saturated carbocycles. The van der Waals surface area contributed by atoms with Crippen LogP contribution in [0.3, 0.4) is 0 Å². The van der Waals surface area contributed by atoms with E-state index in [2.05, 4.69) is 0 Å². The van der Waals surface area contributed by atoms with Crippen LogP contribution in [0.25, 0.3) is 0 Å². The van der Waals surface area contributed by atoms with Crippen molar-refractivity contribution in [3.05, 3.63) is 23.8 Å². The van der Waals surface area contributed by atoms with Gasteiger partial charge in [0.2, 0.25) is 0 Å². The number of carbonyl (C=O) groups is 1. The Balaban J connectivity index is 3.25. The van der Waals surface area contributed by atoms with Crippen molar-refractivity contribution >= 4 is 5.78 Å². The van der Waals surface area contributed by atoms with Gasteiger partial charge in [0.1, 0.15) is 11.5 Å². The van der Waals surface area contributed by atoms with E-state index in [4.69, 9.17) is 15.2 Å². The molecule has 1 aromatic carbocycles. The Bertz CT molecular complexity index is 425. The minimum Gasteiger partial charge on any atom is -0.497 e. The third-order valence-electron chi connectivity index (χ3n) is 3.37. The van der Waals surface area contributed by atoms with Crippen molar-refractivity contribution in [3.8, 4) is 11.5 Å². The van der Waals surface area contributed by atoms with E-state index in [1.165, 1.54) is 7.11 Å². The van der Waals surface area contributed by atoms with E-state index in [0.29, 0.717) is 29.9 Å². The summed E-state index contributed by atoms with van der Waals surface area (Å²) in [7, 11) is 3.10. The van der Waals surface area contributed by atoms with E-state index in [1.807, 2.05) is 13.8 Å². The maximum absolute atomic E-state index is 12.5. The second kappa shape index (κ2) is 5.87. The van der Waals surface area contributed by atoms with Gasteiger partial charge in [-0.05, 0) is 31.0 Å². The number of rotatable bonds is 6. The summed E-state index contributed by atoms with van der Waals surface area (Å²) < 4.78 is 10.4. The number of ether oxygens (including phenoxy) is 2. The lowest BCUT2D eigenvalue weighted by Gasteiger charge is -2.25. The van der Waals surface area contributed by atoms with Gasteiger partial charge in [-0.1, -0.05) is 13.8 Å². The molecule has 0 fully saturated rings. The van der Waals surface area contributed by atoms with Crippen LogP contribution in [0.2, 0.25) is 0 Å². The highest BCUT2D eigenvalue weighted by molar-refractivity contribution is 6.05. The molecular formula is C14H21NO3. The van der Waals surface area contributed by atoms with E-state index in [0.717, 1.165) is 0 Å². The number of Topliss-reactive ketones (excluding diaryl/α,β-unsaturated/α-hetero) is 1. The molecule has 0 aliphatic carbocycles. The predicted octanol–water partition coefficient (Wildman–Crippen LogP) is 2.40. The van der Waals surface area contributed by atoms with Crippen LogP contribution < -0.4 is 15.2 Å². The summed E-state index contributed by atoms with van der Waals surface area (Å²) in [5.74, 6) is 1.04. The van der Waals surface area contributed by atoms with E-state index in [1.54, 1.807) is 25.3 Å². The second-order valence-corrected chi connectivity index (χ2v) is 4.26. The molecule has 4 heteroatoms. The van der Waals surface area contributed by atoms with Gasteiger partial charge in [0.05, 0.1) is 25.3 Å². The van der Waals surface area contributed by atoms with Gasteiger partial charge in [-0.25, -0.2) is 0 Å². The first kappa shape index (κ1) is 14.5. The summed E-state index contributed by atoms with van der Waals surface area (Å²) in [5.41, 5.74) is 5.77. The number of hydrogen-bond acceptors (Lipinski definition) is 4. The lowest BCUT2D eigenvalue weighted by atomic mass is 9.85. The van der Waals surface area contributed by atoms with Gasteiger partial charge in [0.15, 0.2) is 5.78 Å². The molecule has 0 radical (unpaired) electrons. The predicted molar refractivity (Wildman–Crippen MR) is 71.4 cm³/mol. The highest BCUT2D eigenvalue weighted by Crippen LogP contribution is 2.29. The van der Waals surface area contributed by atoms with Crippen LogP contribution in [0.5, 0.6) is 11.5 Å². The molecule has 100 valence electrons. The number of benzene rings is 1. The van der Waals surface area contributed by atoms with Gasteiger partial charge in [-0.3, -0.25) is 4.79 Å². The number of carbonyl (C=O) groups excluding carboxylic acids is 1. The first-order valence-corrected chi connectivity index (χ1v) is 6.08. The molecule has 1 aromatic rings. The standard InChI is InChI=1S/C14H21NO3/c1-5-14(15,6-2)13(16)11-9-10(17-3)7-8-12(11)18-4/h7-9H,5-6,15H2,1-4H3. The van der Waals surface area contributed by atoms with Crippen LogP contribution in [-0.4, -0.2) is 25.5 Å². The average molecular weight is 251 g/mol. The van der Waals surface area contributed by atoms with Crippen LogP contribution in [0.1, 0.15) is 37.0 Å². The molecule has 0 aliphatic rings. The summed E-state index contributed by atoms with van der Waals surface area (Å²) >= 11 is 0. The van der Waals surface area contributed by atoms with E-state index < -0.39 is 5.54 Å². The number of ketones is 1. The van der Waals surface area contributed by atoms with Crippen LogP contribution in [0, 0.1) is 0 Å². The Hall–Kier alpha value is -1.55. The van der Waals surface area contributed by atoms with Crippen molar-refractivity contribution in [2.45, 2.75) is 32.2 Å². The summed E-state index contributed by atoms with van der Waals surface area (Å²) in [5, 5.41) is 0. The van der Waals surface area contributed by atoms with Gasteiger partial charge in [0, 0.05) is 0 Å². The number of methoxy groups -OCH3 is 2. The Kier molecular flexibility index (Phi) is 4.73. The molecule has 0 aliphatic heterocycles. The second-order valence-electron chi connectivity index (χ2n) is 4.26. The van der Waals surface area contributed by atoms with Crippen LogP contribution in [-0.2, 0) is 0 Å². The molecule has 0 bridgehead atoms. The zero-order valence-corrected chi connectivity index (χ0v) is 11.4. The lowest BCUT2D eigenvalue weighted by molar-refractivity contribution is 0.0876. The van der Waals surface area contributed by atoms with Crippen molar-refractivity contribution in [2.24, 2.45) is 5.73 Å². The third kappa shape index (κ3) is 2.64. The molecule has 4 nitrogen and oxygen atoms in total. The molecular weight excluding hydrogens is 230 g/mol. The van der Waals surface area contributed by atoms with E-state index in [-0.39, 0.29) is 5.78 Å². The van der Waals surface area contributed by atoms with E-state index in [9.17, 15) is 4.79 Å². The molecule has 0 amide bonds. The first-order chi connectivity index (χ1) is 8.52. The molecule has 1 rings (SSSR count). The molecule has 0 saturated heterocycles. The minimum absolute atomic E-state index is 0.108. The van der Waals surface area contributed by atoms with Gasteiger partial charge < -0.3 is 15.2 Å². The van der Waals surface area contributed by atoms with Gasteiger partial charge in [-0.2, -0.15) is 0 Å². The fraction of sp³-hybridized carbons (Fsp3) is 0.500. The Morgan fingerprint density at radius 1 is 1.22 bits per heavy atom. The number of hydrogen-bond donors (Lipinski definition) is 1. The van der Waals surface area contributed by atoms with Gasteiger partial charge in [0.25, 0.3) is 0 Å². The van der Waals surface area contributed by atoms with Crippen LogP contribution >= 0.6 is 0 Å². The summed E-state index contributed by atoms with van der Waals surface area (Å²) in [4.78, 5) is 12.5. The van der Waals surface area contributed by atoms with Gasteiger partial charge in [-0.15, -0.1) is 0 Å². The van der Waals surface area contributed by atoms with Crippen molar-refractivity contribution < 1.29 is 14.3 Å². The third-order valence-corrected chi connectivity index (χ3v) is 3.37. The fourth-order valence-corrected chi connectivity index (χ4v) is 1.83.